The lowest BCUT2D eigenvalue weighted by molar-refractivity contribution is 0.0465. The molecule has 1 aromatic heterocycles. The minimum absolute atomic E-state index is 0.0147. The summed E-state index contributed by atoms with van der Waals surface area (Å²) in [5.41, 5.74) is -5.87. The molecule has 2 aromatic rings. The van der Waals surface area contributed by atoms with E-state index in [0.29, 0.717) is 0 Å². The van der Waals surface area contributed by atoms with E-state index in [9.17, 15) is 31.9 Å². The van der Waals surface area contributed by atoms with Crippen molar-refractivity contribution in [1.82, 2.24) is 9.97 Å². The molecule has 1 unspecified atom stereocenters. The maximum atomic E-state index is 14.6. The van der Waals surface area contributed by atoms with Gasteiger partial charge in [0.1, 0.15) is 0 Å². The number of nitrogens with zero attached hydrogens (tertiary/aromatic N) is 3. The van der Waals surface area contributed by atoms with Crippen molar-refractivity contribution in [1.29, 1.82) is 5.26 Å². The Bertz CT molecular complexity index is 1110. The molecule has 4 N–H and O–H groups in total. The predicted molar refractivity (Wildman–Crippen MR) is 101 cm³/mol. The van der Waals surface area contributed by atoms with Crippen LogP contribution in [-0.4, -0.2) is 42.2 Å². The highest BCUT2D eigenvalue weighted by molar-refractivity contribution is 7.89. The zero-order valence-electron chi connectivity index (χ0n) is 15.2. The van der Waals surface area contributed by atoms with Crippen LogP contribution < -0.4 is 10.5 Å². The third-order valence-corrected chi connectivity index (χ3v) is 6.13. The Kier molecular flexibility index (Phi) is 6.87. The first-order chi connectivity index (χ1) is 13.4. The molecule has 0 aliphatic heterocycles. The quantitative estimate of drug-likeness (QED) is 0.382. The number of sulfonamides is 1. The molecular formula is C15H18F2N5O5PS. The van der Waals surface area contributed by atoms with Gasteiger partial charge in [-0.3, -0.25) is 4.57 Å². The van der Waals surface area contributed by atoms with Crippen molar-refractivity contribution in [2.24, 2.45) is 5.14 Å². The Labute approximate surface area is 165 Å². The van der Waals surface area contributed by atoms with E-state index in [4.69, 9.17) is 5.14 Å². The molecule has 0 amide bonds. The Morgan fingerprint density at radius 3 is 2.72 bits per heavy atom. The lowest BCUT2D eigenvalue weighted by atomic mass is 10.1. The maximum absolute atomic E-state index is 14.6. The molecule has 0 saturated heterocycles. The van der Waals surface area contributed by atoms with E-state index in [1.807, 2.05) is 0 Å². The van der Waals surface area contributed by atoms with Crippen LogP contribution in [0, 0.1) is 11.3 Å². The van der Waals surface area contributed by atoms with E-state index in [0.717, 1.165) is 12.1 Å². The van der Waals surface area contributed by atoms with Crippen molar-refractivity contribution < 1.29 is 31.2 Å². The molecule has 14 heteroatoms. The van der Waals surface area contributed by atoms with Crippen LogP contribution in [0.5, 0.6) is 0 Å². The number of aromatic nitrogens is 2. The Balaban J connectivity index is 2.40. The second-order valence-electron chi connectivity index (χ2n) is 5.89. The van der Waals surface area contributed by atoms with Gasteiger partial charge < -0.3 is 14.7 Å². The number of hydrogen-bond acceptors (Lipinski definition) is 8. The lowest BCUT2D eigenvalue weighted by Crippen LogP contribution is -2.19. The molecule has 158 valence electrons. The van der Waals surface area contributed by atoms with Gasteiger partial charge in [0.05, 0.1) is 35.1 Å². The van der Waals surface area contributed by atoms with Crippen LogP contribution in [-0.2, 0) is 24.8 Å². The normalized spacial score (nSPS) is 14.3. The Morgan fingerprint density at radius 2 is 2.14 bits per heavy atom. The summed E-state index contributed by atoms with van der Waals surface area (Å²) < 4.78 is 67.3. The third-order valence-electron chi connectivity index (χ3n) is 3.71. The molecule has 29 heavy (non-hydrogen) atoms. The van der Waals surface area contributed by atoms with Crippen LogP contribution in [0.1, 0.15) is 24.5 Å². The number of halogens is 2. The number of nitrogens with one attached hydrogen (secondary N) is 1. The van der Waals surface area contributed by atoms with E-state index in [1.165, 1.54) is 13.1 Å². The second-order valence-corrected chi connectivity index (χ2v) is 9.48. The fraction of sp³-hybridized carbons (Fsp3) is 0.400. The molecule has 10 nitrogen and oxygen atoms in total. The van der Waals surface area contributed by atoms with Gasteiger partial charge in [0, 0.05) is 18.1 Å². The predicted octanol–water partition coefficient (Wildman–Crippen LogP) is 1.86. The van der Waals surface area contributed by atoms with Crippen molar-refractivity contribution in [3.05, 3.63) is 29.5 Å². The molecule has 2 rings (SSSR count). The number of fused-ring (bicyclic) bond motifs is 1. The van der Waals surface area contributed by atoms with Gasteiger partial charge in [-0.2, -0.15) is 14.0 Å². The summed E-state index contributed by atoms with van der Waals surface area (Å²) in [4.78, 5) is 17.6. The SMILES string of the molecule is CCOP(=O)(O)C(F)(F)c1cc2nc(NCCCS(N)(=O)=O)ncc2cc1C#N. The highest BCUT2D eigenvalue weighted by atomic mass is 32.2. The van der Waals surface area contributed by atoms with Gasteiger partial charge in [-0.1, -0.05) is 0 Å². The molecule has 0 bridgehead atoms. The van der Waals surface area contributed by atoms with Crippen LogP contribution in [0.25, 0.3) is 10.9 Å². The summed E-state index contributed by atoms with van der Waals surface area (Å²) in [7, 11) is -9.02. The molecular weight excluding hydrogens is 431 g/mol. The molecule has 1 heterocycles. The fourth-order valence-corrected chi connectivity index (χ4v) is 3.94. The maximum Gasteiger partial charge on any atom is 0.401 e. The molecule has 1 aromatic carbocycles. The van der Waals surface area contributed by atoms with Gasteiger partial charge in [-0.05, 0) is 25.5 Å². The zero-order valence-corrected chi connectivity index (χ0v) is 16.9. The van der Waals surface area contributed by atoms with Crippen LogP contribution >= 0.6 is 7.60 Å². The van der Waals surface area contributed by atoms with Gasteiger partial charge >= 0.3 is 13.3 Å². The lowest BCUT2D eigenvalue weighted by Gasteiger charge is -2.23. The van der Waals surface area contributed by atoms with Gasteiger partial charge in [0.2, 0.25) is 16.0 Å². The van der Waals surface area contributed by atoms with E-state index in [-0.39, 0.29) is 35.6 Å². The van der Waals surface area contributed by atoms with Crippen molar-refractivity contribution in [2.45, 2.75) is 19.0 Å². The average molecular weight is 449 g/mol. The van der Waals surface area contributed by atoms with Crippen LogP contribution in [0.4, 0.5) is 14.7 Å². The summed E-state index contributed by atoms with van der Waals surface area (Å²) in [5, 5.41) is 17.1. The van der Waals surface area contributed by atoms with Crippen LogP contribution in [0.2, 0.25) is 0 Å². The first-order valence-corrected chi connectivity index (χ1v) is 11.5. The average Bonchev–Trinajstić information content (AvgIpc) is 2.63. The van der Waals surface area contributed by atoms with Crippen LogP contribution in [0.15, 0.2) is 18.3 Å². The monoisotopic (exact) mass is 449 g/mol. The summed E-state index contributed by atoms with van der Waals surface area (Å²) in [6.45, 7) is 1.01. The van der Waals surface area contributed by atoms with E-state index < -0.39 is 41.0 Å². The highest BCUT2D eigenvalue weighted by Gasteiger charge is 2.54. The Hall–Kier alpha value is -2.23. The summed E-state index contributed by atoms with van der Waals surface area (Å²) in [6.07, 6.45) is 1.44. The minimum Gasteiger partial charge on any atom is -0.354 e. The Morgan fingerprint density at radius 1 is 1.45 bits per heavy atom. The van der Waals surface area contributed by atoms with Gasteiger partial charge in [-0.25, -0.2) is 23.5 Å². The van der Waals surface area contributed by atoms with Crippen molar-refractivity contribution in [3.63, 3.8) is 0 Å². The molecule has 0 fully saturated rings. The summed E-state index contributed by atoms with van der Waals surface area (Å²) >= 11 is 0. The molecule has 0 aliphatic rings. The first-order valence-electron chi connectivity index (χ1n) is 8.22. The largest absolute Gasteiger partial charge is 0.401 e. The standard InChI is InChI=1S/C15H18F2N5O5PS/c1-2-27-28(23,24)15(16,17)12-7-13-11(6-10(12)8-18)9-21-14(22-13)20-4-3-5-29(19,25)26/h6-7,9H,2-5H2,1H3,(H,23,24)(H2,19,25,26)(H,20,21,22). The number of hydrogen-bond donors (Lipinski definition) is 3. The number of anilines is 1. The van der Waals surface area contributed by atoms with Gasteiger partial charge in [-0.15, -0.1) is 0 Å². The fourth-order valence-electron chi connectivity index (χ4n) is 2.39. The van der Waals surface area contributed by atoms with E-state index >= 15 is 0 Å². The summed E-state index contributed by atoms with van der Waals surface area (Å²) in [5.74, 6) is -0.249. The topological polar surface area (TPSA) is 168 Å². The third kappa shape index (κ3) is 5.43. The molecule has 0 aliphatic carbocycles. The highest BCUT2D eigenvalue weighted by Crippen LogP contribution is 2.63. The number of nitrogens with two attached hydrogens (primary N) is 1. The summed E-state index contributed by atoms with van der Waals surface area (Å²) in [6, 6.07) is 3.48. The van der Waals surface area contributed by atoms with E-state index in [2.05, 4.69) is 19.8 Å². The number of alkyl halides is 2. The number of nitriles is 1. The smallest absolute Gasteiger partial charge is 0.354 e. The number of rotatable bonds is 9. The molecule has 0 radical (unpaired) electrons. The van der Waals surface area contributed by atoms with Crippen molar-refractivity contribution >= 4 is 34.5 Å². The van der Waals surface area contributed by atoms with E-state index in [1.54, 1.807) is 6.07 Å². The van der Waals surface area contributed by atoms with Crippen molar-refractivity contribution in [2.75, 3.05) is 24.2 Å². The zero-order chi connectivity index (χ0) is 21.9. The van der Waals surface area contributed by atoms with Gasteiger partial charge in [0.25, 0.3) is 0 Å². The number of primary sulfonamides is 1. The van der Waals surface area contributed by atoms with Gasteiger partial charge in [0.15, 0.2) is 0 Å². The molecule has 1 atom stereocenters. The second kappa shape index (κ2) is 8.64. The number of benzene rings is 1. The molecule has 0 spiro atoms. The molecule has 0 saturated carbocycles. The minimum atomic E-state index is -5.40. The first kappa shape index (κ1) is 23.1. The van der Waals surface area contributed by atoms with Crippen LogP contribution in [0.3, 0.4) is 0 Å². The van der Waals surface area contributed by atoms with Crippen molar-refractivity contribution in [3.8, 4) is 6.07 Å².